The van der Waals surface area contributed by atoms with E-state index in [9.17, 15) is 4.79 Å². The lowest BCUT2D eigenvalue weighted by Gasteiger charge is -2.17. The van der Waals surface area contributed by atoms with Crippen LogP contribution in [0, 0.1) is 13.8 Å². The number of rotatable bonds is 6. The van der Waals surface area contributed by atoms with Crippen LogP contribution < -0.4 is 10.1 Å². The van der Waals surface area contributed by atoms with Crippen molar-refractivity contribution >= 4 is 5.91 Å². The number of hydrogen-bond acceptors (Lipinski definition) is 3. The summed E-state index contributed by atoms with van der Waals surface area (Å²) in [7, 11) is 3.65. The molecule has 1 amide bonds. The molecule has 18 heavy (non-hydrogen) atoms. The third-order valence-electron chi connectivity index (χ3n) is 2.82. The summed E-state index contributed by atoms with van der Waals surface area (Å²) in [5.41, 5.74) is 2.18. The number of carbonyl (C=O) groups excluding carboxylic acids is 1. The molecule has 1 aromatic carbocycles. The number of nitrogens with zero attached hydrogens (tertiary/aromatic N) is 1. The second kappa shape index (κ2) is 7.01. The van der Waals surface area contributed by atoms with Gasteiger partial charge in [-0.1, -0.05) is 12.1 Å². The number of carbonyl (C=O) groups is 1. The van der Waals surface area contributed by atoms with Gasteiger partial charge in [0, 0.05) is 20.1 Å². The summed E-state index contributed by atoms with van der Waals surface area (Å²) >= 11 is 0. The Morgan fingerprint density at radius 1 is 1.39 bits per heavy atom. The quantitative estimate of drug-likeness (QED) is 0.829. The Hall–Kier alpha value is -1.55. The molecule has 0 atom stereocenters. The molecule has 1 N–H and O–H groups in total. The van der Waals surface area contributed by atoms with Gasteiger partial charge in [0.15, 0.2) is 6.61 Å². The zero-order valence-electron chi connectivity index (χ0n) is 11.6. The SMILES string of the molecule is CNCCN(C)C(=O)COc1cc(C)ccc1C. The number of aryl methyl sites for hydroxylation is 2. The first-order valence-electron chi connectivity index (χ1n) is 6.13. The lowest BCUT2D eigenvalue weighted by Crippen LogP contribution is -2.35. The van der Waals surface area contributed by atoms with Crippen LogP contribution in [0.25, 0.3) is 0 Å². The maximum atomic E-state index is 11.8. The van der Waals surface area contributed by atoms with Gasteiger partial charge in [0.1, 0.15) is 5.75 Å². The molecule has 0 aliphatic rings. The lowest BCUT2D eigenvalue weighted by atomic mass is 10.1. The van der Waals surface area contributed by atoms with Gasteiger partial charge in [-0.15, -0.1) is 0 Å². The first-order chi connectivity index (χ1) is 8.54. The van der Waals surface area contributed by atoms with Crippen LogP contribution in [0.5, 0.6) is 5.75 Å². The third kappa shape index (κ3) is 4.37. The minimum absolute atomic E-state index is 0.00819. The highest BCUT2D eigenvalue weighted by molar-refractivity contribution is 5.77. The molecule has 4 nitrogen and oxygen atoms in total. The van der Waals surface area contributed by atoms with Crippen LogP contribution in [0.4, 0.5) is 0 Å². The van der Waals surface area contributed by atoms with Crippen LogP contribution >= 0.6 is 0 Å². The van der Waals surface area contributed by atoms with E-state index in [0.29, 0.717) is 6.54 Å². The van der Waals surface area contributed by atoms with Gasteiger partial charge in [0.2, 0.25) is 0 Å². The van der Waals surface area contributed by atoms with Crippen LogP contribution in [0.1, 0.15) is 11.1 Å². The monoisotopic (exact) mass is 250 g/mol. The fraction of sp³-hybridized carbons (Fsp3) is 0.500. The summed E-state index contributed by atoms with van der Waals surface area (Å²) in [5.74, 6) is 0.775. The molecule has 0 unspecified atom stereocenters. The van der Waals surface area contributed by atoms with Crippen LogP contribution in [0.3, 0.4) is 0 Å². The van der Waals surface area contributed by atoms with Gasteiger partial charge in [-0.25, -0.2) is 0 Å². The zero-order chi connectivity index (χ0) is 13.5. The molecule has 0 aromatic heterocycles. The molecular weight excluding hydrogens is 228 g/mol. The van der Waals surface area contributed by atoms with E-state index in [0.717, 1.165) is 23.4 Å². The van der Waals surface area contributed by atoms with Crippen LogP contribution in [0.2, 0.25) is 0 Å². The molecule has 0 spiro atoms. The summed E-state index contributed by atoms with van der Waals surface area (Å²) in [4.78, 5) is 13.5. The van der Waals surface area contributed by atoms with Gasteiger partial charge in [0.25, 0.3) is 5.91 Å². The van der Waals surface area contributed by atoms with Gasteiger partial charge >= 0.3 is 0 Å². The Morgan fingerprint density at radius 2 is 2.11 bits per heavy atom. The molecule has 0 aliphatic carbocycles. The summed E-state index contributed by atoms with van der Waals surface area (Å²) in [6.07, 6.45) is 0. The highest BCUT2D eigenvalue weighted by Crippen LogP contribution is 2.18. The molecular formula is C14H22N2O2. The molecule has 0 heterocycles. The Kier molecular flexibility index (Phi) is 5.65. The molecule has 100 valence electrons. The van der Waals surface area contributed by atoms with Crippen molar-refractivity contribution in [2.75, 3.05) is 33.8 Å². The number of likely N-dealkylation sites (N-methyl/N-ethyl adjacent to an activating group) is 2. The Bertz CT molecular complexity index is 405. The average molecular weight is 250 g/mol. The smallest absolute Gasteiger partial charge is 0.260 e. The van der Waals surface area contributed by atoms with Crippen molar-refractivity contribution in [1.82, 2.24) is 10.2 Å². The topological polar surface area (TPSA) is 41.6 Å². The molecule has 1 rings (SSSR count). The molecule has 1 aromatic rings. The average Bonchev–Trinajstić information content (AvgIpc) is 2.36. The molecule has 0 radical (unpaired) electrons. The lowest BCUT2D eigenvalue weighted by molar-refractivity contribution is -0.132. The highest BCUT2D eigenvalue weighted by atomic mass is 16.5. The third-order valence-corrected chi connectivity index (χ3v) is 2.82. The molecule has 0 saturated heterocycles. The highest BCUT2D eigenvalue weighted by Gasteiger charge is 2.09. The van der Waals surface area contributed by atoms with Crippen LogP contribution in [-0.4, -0.2) is 44.6 Å². The number of hydrogen-bond donors (Lipinski definition) is 1. The van der Waals surface area contributed by atoms with Crippen molar-refractivity contribution in [3.05, 3.63) is 29.3 Å². The Labute approximate surface area is 109 Å². The largest absolute Gasteiger partial charge is 0.483 e. The van der Waals surface area contributed by atoms with Gasteiger partial charge in [0.05, 0.1) is 0 Å². The maximum absolute atomic E-state index is 11.8. The van der Waals surface area contributed by atoms with Crippen molar-refractivity contribution in [2.45, 2.75) is 13.8 Å². The van der Waals surface area contributed by atoms with E-state index in [2.05, 4.69) is 5.32 Å². The zero-order valence-corrected chi connectivity index (χ0v) is 11.6. The molecule has 0 bridgehead atoms. The Morgan fingerprint density at radius 3 is 2.78 bits per heavy atom. The van der Waals surface area contributed by atoms with E-state index in [1.54, 1.807) is 11.9 Å². The predicted octanol–water partition coefficient (Wildman–Crippen LogP) is 1.36. The minimum atomic E-state index is -0.00819. The maximum Gasteiger partial charge on any atom is 0.260 e. The fourth-order valence-electron chi connectivity index (χ4n) is 1.52. The first-order valence-corrected chi connectivity index (χ1v) is 6.13. The van der Waals surface area contributed by atoms with E-state index in [1.165, 1.54) is 0 Å². The van der Waals surface area contributed by atoms with Gasteiger partial charge < -0.3 is 15.0 Å². The summed E-state index contributed by atoms with van der Waals surface area (Å²) in [6, 6.07) is 5.99. The van der Waals surface area contributed by atoms with E-state index in [4.69, 9.17) is 4.74 Å². The number of amides is 1. The van der Waals surface area contributed by atoms with Gasteiger partial charge in [-0.3, -0.25) is 4.79 Å². The second-order valence-electron chi connectivity index (χ2n) is 4.48. The minimum Gasteiger partial charge on any atom is -0.483 e. The van der Waals surface area contributed by atoms with Gasteiger partial charge in [-0.2, -0.15) is 0 Å². The van der Waals surface area contributed by atoms with Crippen LogP contribution in [-0.2, 0) is 4.79 Å². The summed E-state index contributed by atoms with van der Waals surface area (Å²) < 4.78 is 5.57. The van der Waals surface area contributed by atoms with Crippen molar-refractivity contribution in [3.8, 4) is 5.75 Å². The summed E-state index contributed by atoms with van der Waals surface area (Å²) in [6.45, 7) is 5.54. The molecule has 0 fully saturated rings. The van der Waals surface area contributed by atoms with E-state index >= 15 is 0 Å². The second-order valence-corrected chi connectivity index (χ2v) is 4.48. The molecule has 4 heteroatoms. The first kappa shape index (κ1) is 14.5. The molecule has 0 aliphatic heterocycles. The standard InChI is InChI=1S/C14H22N2O2/c1-11-5-6-12(2)13(9-11)18-10-14(17)16(4)8-7-15-3/h5-6,9,15H,7-8,10H2,1-4H3. The van der Waals surface area contributed by atoms with Gasteiger partial charge in [-0.05, 0) is 38.1 Å². The number of nitrogens with one attached hydrogen (secondary N) is 1. The fourth-order valence-corrected chi connectivity index (χ4v) is 1.52. The van der Waals surface area contributed by atoms with Crippen molar-refractivity contribution in [3.63, 3.8) is 0 Å². The summed E-state index contributed by atoms with van der Waals surface area (Å²) in [5, 5.41) is 3.01. The predicted molar refractivity (Wildman–Crippen MR) is 73.0 cm³/mol. The van der Waals surface area contributed by atoms with Crippen molar-refractivity contribution in [1.29, 1.82) is 0 Å². The van der Waals surface area contributed by atoms with Crippen LogP contribution in [0.15, 0.2) is 18.2 Å². The van der Waals surface area contributed by atoms with Crippen molar-refractivity contribution in [2.24, 2.45) is 0 Å². The van der Waals surface area contributed by atoms with Crippen molar-refractivity contribution < 1.29 is 9.53 Å². The number of benzene rings is 1. The van der Waals surface area contributed by atoms with E-state index in [-0.39, 0.29) is 12.5 Å². The number of ether oxygens (including phenoxy) is 1. The van der Waals surface area contributed by atoms with E-state index in [1.807, 2.05) is 39.1 Å². The van der Waals surface area contributed by atoms with E-state index < -0.39 is 0 Å². The Balaban J connectivity index is 2.49. The molecule has 0 saturated carbocycles. The normalized spacial score (nSPS) is 10.2.